The van der Waals surface area contributed by atoms with Crippen LogP contribution in [-0.2, 0) is 0 Å². The number of urea groups is 1. The predicted octanol–water partition coefficient (Wildman–Crippen LogP) is 4.08. The number of carboxylic acid groups (broad SMARTS) is 1. The number of nitrogens with zero attached hydrogens (tertiary/aromatic N) is 3. The first kappa shape index (κ1) is 19.9. The number of nitrogens with one attached hydrogen (secondary N) is 1. The molecular weight excluding hydrogens is 411 g/mol. The molecule has 0 unspecified atom stereocenters. The summed E-state index contributed by atoms with van der Waals surface area (Å²) in [4.78, 5) is 31.9. The van der Waals surface area contributed by atoms with Crippen molar-refractivity contribution in [1.82, 2.24) is 9.88 Å². The molecule has 1 saturated heterocycles. The quantitative estimate of drug-likeness (QED) is 0.656. The van der Waals surface area contributed by atoms with Crippen molar-refractivity contribution in [1.29, 1.82) is 0 Å². The molecule has 0 bridgehead atoms. The van der Waals surface area contributed by atoms with Gasteiger partial charge in [-0.3, -0.25) is 0 Å². The summed E-state index contributed by atoms with van der Waals surface area (Å²) >= 11 is 6.04. The number of amides is 2. The average molecular weight is 429 g/mol. The third kappa shape index (κ3) is 4.13. The van der Waals surface area contributed by atoms with Gasteiger partial charge in [-0.2, -0.15) is 0 Å². The van der Waals surface area contributed by atoms with E-state index in [1.54, 1.807) is 23.1 Å². The molecule has 0 spiro atoms. The summed E-state index contributed by atoms with van der Waals surface area (Å²) < 4.78 is 13.0. The zero-order chi connectivity index (χ0) is 21.3. The van der Waals surface area contributed by atoms with Crippen molar-refractivity contribution in [3.8, 4) is 0 Å². The fourth-order valence-electron chi connectivity index (χ4n) is 3.44. The van der Waals surface area contributed by atoms with E-state index in [-0.39, 0.29) is 17.5 Å². The van der Waals surface area contributed by atoms with Gasteiger partial charge in [0.1, 0.15) is 5.82 Å². The molecule has 4 rings (SSSR count). The van der Waals surface area contributed by atoms with Crippen molar-refractivity contribution in [2.24, 2.45) is 0 Å². The van der Waals surface area contributed by atoms with Crippen LogP contribution in [0, 0.1) is 5.82 Å². The van der Waals surface area contributed by atoms with E-state index in [1.165, 1.54) is 24.3 Å². The number of anilines is 2. The summed E-state index contributed by atoms with van der Waals surface area (Å²) in [5, 5.41) is 13.4. The number of piperazine rings is 1. The molecule has 2 N–H and O–H groups in total. The Morgan fingerprint density at radius 1 is 1.03 bits per heavy atom. The lowest BCUT2D eigenvalue weighted by Gasteiger charge is -2.36. The van der Waals surface area contributed by atoms with Crippen LogP contribution in [0.5, 0.6) is 0 Å². The Balaban J connectivity index is 1.51. The van der Waals surface area contributed by atoms with Gasteiger partial charge >= 0.3 is 12.0 Å². The fourth-order valence-corrected chi connectivity index (χ4v) is 3.61. The second-order valence-electron chi connectivity index (χ2n) is 6.90. The lowest BCUT2D eigenvalue weighted by Crippen LogP contribution is -2.50. The first-order valence-corrected chi connectivity index (χ1v) is 9.68. The third-order valence-electron chi connectivity index (χ3n) is 4.97. The number of carbonyl (C=O) groups is 2. The van der Waals surface area contributed by atoms with Gasteiger partial charge in [0, 0.05) is 48.0 Å². The van der Waals surface area contributed by atoms with Gasteiger partial charge in [-0.1, -0.05) is 11.6 Å². The highest BCUT2D eigenvalue weighted by Crippen LogP contribution is 2.30. The van der Waals surface area contributed by atoms with Gasteiger partial charge in [-0.25, -0.2) is 19.0 Å². The normalized spacial score (nSPS) is 14.1. The molecule has 1 aliphatic rings. The van der Waals surface area contributed by atoms with Gasteiger partial charge in [0.15, 0.2) is 5.69 Å². The first-order valence-electron chi connectivity index (χ1n) is 9.31. The lowest BCUT2D eigenvalue weighted by atomic mass is 10.1. The van der Waals surface area contributed by atoms with Crippen LogP contribution in [0.1, 0.15) is 10.5 Å². The number of hydrogen-bond acceptors (Lipinski definition) is 4. The molecule has 1 aliphatic heterocycles. The molecule has 0 atom stereocenters. The van der Waals surface area contributed by atoms with Crippen LogP contribution in [0.15, 0.2) is 48.5 Å². The lowest BCUT2D eigenvalue weighted by molar-refractivity contribution is 0.0691. The minimum absolute atomic E-state index is 0.0590. The molecule has 0 aliphatic carbocycles. The summed E-state index contributed by atoms with van der Waals surface area (Å²) in [6, 6.07) is 12.1. The fraction of sp³-hybridized carbons (Fsp3) is 0.190. The molecule has 0 radical (unpaired) electrons. The van der Waals surface area contributed by atoms with Gasteiger partial charge < -0.3 is 20.2 Å². The molecule has 2 aromatic carbocycles. The van der Waals surface area contributed by atoms with E-state index in [1.807, 2.05) is 11.0 Å². The number of fused-ring (bicyclic) bond motifs is 1. The van der Waals surface area contributed by atoms with Crippen LogP contribution in [0.3, 0.4) is 0 Å². The summed E-state index contributed by atoms with van der Waals surface area (Å²) in [5.74, 6) is -1.48. The van der Waals surface area contributed by atoms with Crippen molar-refractivity contribution >= 4 is 45.9 Å². The second-order valence-corrected chi connectivity index (χ2v) is 7.34. The van der Waals surface area contributed by atoms with Crippen LogP contribution < -0.4 is 10.2 Å². The average Bonchev–Trinajstić information content (AvgIpc) is 2.74. The van der Waals surface area contributed by atoms with E-state index >= 15 is 0 Å². The molecule has 1 aromatic heterocycles. The third-order valence-corrected chi connectivity index (χ3v) is 5.21. The van der Waals surface area contributed by atoms with Crippen molar-refractivity contribution in [2.75, 3.05) is 36.4 Å². The number of aromatic carboxylic acids is 1. The minimum Gasteiger partial charge on any atom is -0.477 e. The van der Waals surface area contributed by atoms with E-state index < -0.39 is 5.97 Å². The SMILES string of the molecule is O=C(O)c1cc(N2CCN(C(=O)Nc3ccc(F)cc3)CC2)c2ccc(Cl)cc2n1. The monoisotopic (exact) mass is 428 g/mol. The smallest absolute Gasteiger partial charge is 0.354 e. The van der Waals surface area contributed by atoms with E-state index in [0.29, 0.717) is 42.4 Å². The molecule has 2 heterocycles. The Bertz CT molecular complexity index is 1120. The summed E-state index contributed by atoms with van der Waals surface area (Å²) in [7, 11) is 0. The Labute approximate surface area is 176 Å². The molecular formula is C21H18ClFN4O3. The number of carbonyl (C=O) groups excluding carboxylic acids is 1. The van der Waals surface area contributed by atoms with Crippen LogP contribution in [0.25, 0.3) is 10.9 Å². The number of aromatic nitrogens is 1. The summed E-state index contributed by atoms with van der Waals surface area (Å²) in [6.45, 7) is 1.95. The van der Waals surface area contributed by atoms with E-state index in [4.69, 9.17) is 11.6 Å². The summed E-state index contributed by atoms with van der Waals surface area (Å²) in [6.07, 6.45) is 0. The first-order chi connectivity index (χ1) is 14.4. The standard InChI is InChI=1S/C21H18ClFN4O3/c22-13-1-6-16-17(11-13)25-18(20(28)29)12-19(16)26-7-9-27(10-8-26)21(30)24-15-4-2-14(23)3-5-15/h1-6,11-12H,7-10H2,(H,24,30)(H,28,29). The van der Waals surface area contributed by atoms with Crippen molar-refractivity contribution < 1.29 is 19.1 Å². The topological polar surface area (TPSA) is 85.8 Å². The Morgan fingerprint density at radius 3 is 2.40 bits per heavy atom. The number of halogens is 2. The van der Waals surface area contributed by atoms with Gasteiger partial charge in [-0.15, -0.1) is 0 Å². The van der Waals surface area contributed by atoms with E-state index in [9.17, 15) is 19.1 Å². The van der Waals surface area contributed by atoms with Crippen LogP contribution >= 0.6 is 11.6 Å². The molecule has 0 saturated carbocycles. The van der Waals surface area contributed by atoms with E-state index in [2.05, 4.69) is 10.3 Å². The van der Waals surface area contributed by atoms with Gasteiger partial charge in [0.05, 0.1) is 5.52 Å². The maximum absolute atomic E-state index is 13.0. The molecule has 3 aromatic rings. The van der Waals surface area contributed by atoms with Crippen molar-refractivity contribution in [2.45, 2.75) is 0 Å². The highest BCUT2D eigenvalue weighted by molar-refractivity contribution is 6.31. The van der Waals surface area contributed by atoms with E-state index in [0.717, 1.165) is 11.1 Å². The Morgan fingerprint density at radius 2 is 1.73 bits per heavy atom. The van der Waals surface area contributed by atoms with Crippen LogP contribution in [0.4, 0.5) is 20.6 Å². The molecule has 9 heteroatoms. The number of pyridine rings is 1. The van der Waals surface area contributed by atoms with Crippen molar-refractivity contribution in [3.63, 3.8) is 0 Å². The predicted molar refractivity (Wildman–Crippen MR) is 113 cm³/mol. The number of benzene rings is 2. The number of rotatable bonds is 3. The molecule has 154 valence electrons. The molecule has 1 fully saturated rings. The van der Waals surface area contributed by atoms with Crippen LogP contribution in [-0.4, -0.2) is 53.2 Å². The Hall–Kier alpha value is -3.39. The highest BCUT2D eigenvalue weighted by atomic mass is 35.5. The van der Waals surface area contributed by atoms with Gasteiger partial charge in [-0.05, 0) is 48.5 Å². The molecule has 2 amide bonds. The maximum Gasteiger partial charge on any atom is 0.354 e. The van der Waals surface area contributed by atoms with Crippen LogP contribution in [0.2, 0.25) is 5.02 Å². The highest BCUT2D eigenvalue weighted by Gasteiger charge is 2.24. The molecule has 30 heavy (non-hydrogen) atoms. The van der Waals surface area contributed by atoms with Gasteiger partial charge in [0.2, 0.25) is 0 Å². The van der Waals surface area contributed by atoms with Crippen molar-refractivity contribution in [3.05, 3.63) is 65.1 Å². The number of carboxylic acids is 1. The molecule has 7 nitrogen and oxygen atoms in total. The largest absolute Gasteiger partial charge is 0.477 e. The Kier molecular flexibility index (Phi) is 5.41. The number of hydrogen-bond donors (Lipinski definition) is 2. The summed E-state index contributed by atoms with van der Waals surface area (Å²) in [5.41, 5.74) is 1.71. The zero-order valence-corrected chi connectivity index (χ0v) is 16.6. The second kappa shape index (κ2) is 8.16. The van der Waals surface area contributed by atoms with Gasteiger partial charge in [0.25, 0.3) is 0 Å². The zero-order valence-electron chi connectivity index (χ0n) is 15.8. The minimum atomic E-state index is -1.12. The maximum atomic E-state index is 13.0.